The summed E-state index contributed by atoms with van der Waals surface area (Å²) in [6.07, 6.45) is 2.19. The van der Waals surface area contributed by atoms with E-state index in [9.17, 15) is 4.79 Å². The van der Waals surface area contributed by atoms with Gasteiger partial charge in [-0.05, 0) is 30.7 Å². The van der Waals surface area contributed by atoms with E-state index < -0.39 is 0 Å². The van der Waals surface area contributed by atoms with Crippen molar-refractivity contribution in [3.63, 3.8) is 0 Å². The first-order valence-electron chi connectivity index (χ1n) is 8.89. The highest BCUT2D eigenvalue weighted by Crippen LogP contribution is 2.27. The molecule has 0 bridgehead atoms. The molecule has 2 aromatic heterocycles. The molecule has 1 aliphatic heterocycles. The zero-order chi connectivity index (χ0) is 18.8. The second-order valence-electron chi connectivity index (χ2n) is 6.71. The van der Waals surface area contributed by atoms with Gasteiger partial charge >= 0.3 is 0 Å². The Morgan fingerprint density at radius 2 is 2.19 bits per heavy atom. The number of nitrogens with zero attached hydrogens (tertiary/aromatic N) is 5. The van der Waals surface area contributed by atoms with Crippen LogP contribution in [0.3, 0.4) is 0 Å². The molecule has 1 aromatic carbocycles. The monoisotopic (exact) mass is 367 g/mol. The van der Waals surface area contributed by atoms with Crippen LogP contribution in [-0.2, 0) is 13.5 Å². The number of ether oxygens (including phenoxy) is 1. The predicted octanol–water partition coefficient (Wildman–Crippen LogP) is 1.97. The van der Waals surface area contributed by atoms with Crippen molar-refractivity contribution in [1.82, 2.24) is 24.8 Å². The molecular weight excluding hydrogens is 346 g/mol. The predicted molar refractivity (Wildman–Crippen MR) is 96.5 cm³/mol. The minimum absolute atomic E-state index is 0.0301. The number of benzene rings is 1. The fraction of sp³-hybridized carbons (Fsp3) is 0.368. The van der Waals surface area contributed by atoms with Gasteiger partial charge in [-0.15, -0.1) is 0 Å². The van der Waals surface area contributed by atoms with Crippen LogP contribution in [0.25, 0.3) is 0 Å². The molecular formula is C19H21N5O3. The van der Waals surface area contributed by atoms with Crippen LogP contribution in [0.15, 0.2) is 41.1 Å². The van der Waals surface area contributed by atoms with Crippen LogP contribution in [-0.4, -0.2) is 50.4 Å². The van der Waals surface area contributed by atoms with Crippen molar-refractivity contribution in [2.45, 2.75) is 19.3 Å². The fourth-order valence-corrected chi connectivity index (χ4v) is 3.05. The molecule has 8 nitrogen and oxygen atoms in total. The maximum Gasteiger partial charge on any atom is 0.272 e. The van der Waals surface area contributed by atoms with Gasteiger partial charge in [0.15, 0.2) is 5.82 Å². The van der Waals surface area contributed by atoms with Crippen molar-refractivity contribution in [3.05, 3.63) is 59.5 Å². The second kappa shape index (κ2) is 7.22. The number of aromatic nitrogens is 4. The quantitative estimate of drug-likeness (QED) is 0.662. The van der Waals surface area contributed by atoms with Gasteiger partial charge < -0.3 is 14.2 Å². The van der Waals surface area contributed by atoms with E-state index in [1.54, 1.807) is 28.9 Å². The molecule has 0 radical (unpaired) electrons. The third kappa shape index (κ3) is 3.69. The van der Waals surface area contributed by atoms with Crippen LogP contribution in [0.2, 0.25) is 0 Å². The SMILES string of the molecule is Cc1cccc(OCCc2noc(C3CN(C(=O)c4ccnn4C)C3)n2)c1. The number of rotatable bonds is 6. The Hall–Kier alpha value is -3.16. The lowest BCUT2D eigenvalue weighted by Gasteiger charge is -2.36. The second-order valence-corrected chi connectivity index (χ2v) is 6.71. The van der Waals surface area contributed by atoms with E-state index in [2.05, 4.69) is 15.2 Å². The number of amides is 1. The van der Waals surface area contributed by atoms with Gasteiger partial charge in [0.05, 0.1) is 12.5 Å². The summed E-state index contributed by atoms with van der Waals surface area (Å²) in [5.41, 5.74) is 1.73. The minimum atomic E-state index is -0.0301. The molecule has 0 aliphatic carbocycles. The zero-order valence-electron chi connectivity index (χ0n) is 15.3. The lowest BCUT2D eigenvalue weighted by molar-refractivity contribution is 0.0558. The number of likely N-dealkylation sites (tertiary alicyclic amines) is 1. The largest absolute Gasteiger partial charge is 0.493 e. The van der Waals surface area contributed by atoms with E-state index in [0.717, 1.165) is 11.3 Å². The summed E-state index contributed by atoms with van der Waals surface area (Å²) in [6.45, 7) is 3.66. The molecule has 140 valence electrons. The van der Waals surface area contributed by atoms with Crippen molar-refractivity contribution < 1.29 is 14.1 Å². The molecule has 27 heavy (non-hydrogen) atoms. The molecule has 1 amide bonds. The Bertz CT molecular complexity index is 942. The Balaban J connectivity index is 1.27. The number of hydrogen-bond donors (Lipinski definition) is 0. The first-order chi connectivity index (χ1) is 13.1. The lowest BCUT2D eigenvalue weighted by Crippen LogP contribution is -2.49. The summed E-state index contributed by atoms with van der Waals surface area (Å²) < 4.78 is 12.7. The van der Waals surface area contributed by atoms with E-state index in [0.29, 0.717) is 43.5 Å². The van der Waals surface area contributed by atoms with Crippen LogP contribution in [0, 0.1) is 6.92 Å². The van der Waals surface area contributed by atoms with Gasteiger partial charge in [0.1, 0.15) is 11.4 Å². The standard InChI is InChI=1S/C19H21N5O3/c1-13-4-3-5-15(10-13)26-9-7-17-21-18(27-22-17)14-11-24(12-14)19(25)16-6-8-20-23(16)2/h3-6,8,10,14H,7,9,11-12H2,1-2H3. The number of aryl methyl sites for hydroxylation is 2. The number of hydrogen-bond acceptors (Lipinski definition) is 6. The van der Waals surface area contributed by atoms with Gasteiger partial charge in [-0.2, -0.15) is 10.1 Å². The molecule has 4 rings (SSSR count). The van der Waals surface area contributed by atoms with Gasteiger partial charge in [-0.25, -0.2) is 0 Å². The van der Waals surface area contributed by atoms with Crippen LogP contribution in [0.4, 0.5) is 0 Å². The summed E-state index contributed by atoms with van der Waals surface area (Å²) in [4.78, 5) is 18.6. The van der Waals surface area contributed by atoms with Gasteiger partial charge in [-0.1, -0.05) is 17.3 Å². The van der Waals surface area contributed by atoms with Crippen LogP contribution in [0.5, 0.6) is 5.75 Å². The number of carbonyl (C=O) groups excluding carboxylic acids is 1. The summed E-state index contributed by atoms with van der Waals surface area (Å²) in [6, 6.07) is 9.63. The first-order valence-corrected chi connectivity index (χ1v) is 8.89. The van der Waals surface area contributed by atoms with E-state index in [1.165, 1.54) is 0 Å². The van der Waals surface area contributed by atoms with Gasteiger partial charge in [0.2, 0.25) is 5.89 Å². The van der Waals surface area contributed by atoms with E-state index in [-0.39, 0.29) is 11.8 Å². The van der Waals surface area contributed by atoms with Crippen LogP contribution < -0.4 is 4.74 Å². The van der Waals surface area contributed by atoms with Gasteiger partial charge in [0, 0.05) is 32.8 Å². The summed E-state index contributed by atoms with van der Waals surface area (Å²) >= 11 is 0. The molecule has 1 aliphatic rings. The molecule has 1 saturated heterocycles. The van der Waals surface area contributed by atoms with E-state index in [4.69, 9.17) is 9.26 Å². The lowest BCUT2D eigenvalue weighted by atomic mass is 9.99. The molecule has 0 unspecified atom stereocenters. The average Bonchev–Trinajstić information content (AvgIpc) is 3.23. The third-order valence-electron chi connectivity index (χ3n) is 4.63. The molecule has 3 aromatic rings. The highest BCUT2D eigenvalue weighted by molar-refractivity contribution is 5.93. The first kappa shape index (κ1) is 17.3. The smallest absolute Gasteiger partial charge is 0.272 e. The highest BCUT2D eigenvalue weighted by Gasteiger charge is 2.36. The summed E-state index contributed by atoms with van der Waals surface area (Å²) in [5.74, 6) is 2.09. The summed E-state index contributed by atoms with van der Waals surface area (Å²) in [7, 11) is 1.76. The Labute approximate surface area is 156 Å². The molecule has 0 saturated carbocycles. The maximum absolute atomic E-state index is 12.4. The van der Waals surface area contributed by atoms with Crippen molar-refractivity contribution in [2.24, 2.45) is 7.05 Å². The zero-order valence-corrected chi connectivity index (χ0v) is 15.3. The Morgan fingerprint density at radius 1 is 1.33 bits per heavy atom. The maximum atomic E-state index is 12.4. The van der Waals surface area contributed by atoms with Crippen molar-refractivity contribution in [1.29, 1.82) is 0 Å². The van der Waals surface area contributed by atoms with Crippen LogP contribution >= 0.6 is 0 Å². The molecule has 8 heteroatoms. The summed E-state index contributed by atoms with van der Waals surface area (Å²) in [5, 5.41) is 8.05. The third-order valence-corrected chi connectivity index (χ3v) is 4.63. The Morgan fingerprint density at radius 3 is 2.93 bits per heavy atom. The Kier molecular flexibility index (Phi) is 4.62. The topological polar surface area (TPSA) is 86.3 Å². The average molecular weight is 367 g/mol. The van der Waals surface area contributed by atoms with Crippen molar-refractivity contribution >= 4 is 5.91 Å². The van der Waals surface area contributed by atoms with Gasteiger partial charge in [-0.3, -0.25) is 9.48 Å². The minimum Gasteiger partial charge on any atom is -0.493 e. The molecule has 1 fully saturated rings. The van der Waals surface area contributed by atoms with E-state index >= 15 is 0 Å². The van der Waals surface area contributed by atoms with Crippen LogP contribution in [0.1, 0.15) is 33.7 Å². The normalized spacial score (nSPS) is 14.2. The number of carbonyl (C=O) groups is 1. The van der Waals surface area contributed by atoms with Crippen molar-refractivity contribution in [2.75, 3.05) is 19.7 Å². The molecule has 0 atom stereocenters. The van der Waals surface area contributed by atoms with Crippen molar-refractivity contribution in [3.8, 4) is 5.75 Å². The highest BCUT2D eigenvalue weighted by atomic mass is 16.5. The van der Waals surface area contributed by atoms with E-state index in [1.807, 2.05) is 31.2 Å². The van der Waals surface area contributed by atoms with Gasteiger partial charge in [0.25, 0.3) is 5.91 Å². The molecule has 0 spiro atoms. The molecule has 3 heterocycles. The fourth-order valence-electron chi connectivity index (χ4n) is 3.05. The molecule has 0 N–H and O–H groups in total.